The molecule has 5 heteroatoms. The Labute approximate surface area is 103 Å². The molecule has 0 bridgehead atoms. The van der Waals surface area contributed by atoms with Crippen molar-refractivity contribution in [2.75, 3.05) is 5.88 Å². The van der Waals surface area contributed by atoms with Crippen molar-refractivity contribution in [3.8, 4) is 0 Å². The molecule has 1 nitrogen and oxygen atoms in total. The monoisotopic (exact) mass is 264 g/mol. The van der Waals surface area contributed by atoms with Crippen LogP contribution >= 0.6 is 11.6 Å². The zero-order chi connectivity index (χ0) is 12.9. The molecule has 0 heterocycles. The first-order chi connectivity index (χ1) is 8.00. The Kier molecular flexibility index (Phi) is 5.00. The number of hydrogen-bond donors (Lipinski definition) is 0. The second-order valence-electron chi connectivity index (χ2n) is 3.66. The predicted molar refractivity (Wildman–Crippen MR) is 60.2 cm³/mol. The van der Waals surface area contributed by atoms with E-state index in [1.165, 1.54) is 18.2 Å². The smallest absolute Gasteiger partial charge is 0.303 e. The lowest BCUT2D eigenvalue weighted by molar-refractivity contribution is -0.138. The molecule has 0 N–H and O–H groups in total. The predicted octanol–water partition coefficient (Wildman–Crippen LogP) is 4.01. The van der Waals surface area contributed by atoms with Crippen LogP contribution in [0.3, 0.4) is 0 Å². The fraction of sp³-hybridized carbons (Fsp3) is 0.417. The summed E-state index contributed by atoms with van der Waals surface area (Å²) >= 11 is 5.48. The summed E-state index contributed by atoms with van der Waals surface area (Å²) in [5, 5.41) is 0. The van der Waals surface area contributed by atoms with E-state index in [1.807, 2.05) is 0 Å². The molecule has 0 saturated heterocycles. The zero-order valence-electron chi connectivity index (χ0n) is 9.01. The van der Waals surface area contributed by atoms with Gasteiger partial charge in [0.05, 0.1) is 5.56 Å². The molecule has 1 rings (SSSR count). The van der Waals surface area contributed by atoms with E-state index in [-0.39, 0.29) is 5.56 Å². The molecule has 0 aromatic heterocycles. The highest BCUT2D eigenvalue weighted by molar-refractivity contribution is 6.17. The first-order valence-corrected chi connectivity index (χ1v) is 5.71. The maximum atomic E-state index is 12.7. The van der Waals surface area contributed by atoms with Crippen LogP contribution in [0, 0.1) is 0 Å². The van der Waals surface area contributed by atoms with Crippen molar-refractivity contribution in [3.63, 3.8) is 0 Å². The minimum atomic E-state index is -4.43. The molecule has 0 aliphatic rings. The van der Waals surface area contributed by atoms with Crippen molar-refractivity contribution in [3.05, 3.63) is 35.4 Å². The lowest BCUT2D eigenvalue weighted by Crippen LogP contribution is -2.13. The van der Waals surface area contributed by atoms with Crippen molar-refractivity contribution in [2.24, 2.45) is 0 Å². The summed E-state index contributed by atoms with van der Waals surface area (Å²) in [4.78, 5) is 10.9. The number of hydrogen-bond acceptors (Lipinski definition) is 1. The molecule has 0 fully saturated rings. The Balaban J connectivity index is 3.06. The topological polar surface area (TPSA) is 17.1 Å². The first kappa shape index (κ1) is 14.0. The molecule has 17 heavy (non-hydrogen) atoms. The fourth-order valence-corrected chi connectivity index (χ4v) is 1.83. The number of rotatable bonds is 5. The van der Waals surface area contributed by atoms with E-state index in [0.717, 1.165) is 6.07 Å². The molecule has 94 valence electrons. The van der Waals surface area contributed by atoms with Gasteiger partial charge in [0.15, 0.2) is 0 Å². The lowest BCUT2D eigenvalue weighted by atomic mass is 9.91. The van der Waals surface area contributed by atoms with Gasteiger partial charge >= 0.3 is 6.18 Å². The summed E-state index contributed by atoms with van der Waals surface area (Å²) in [6.45, 7) is 0. The van der Waals surface area contributed by atoms with Crippen molar-refractivity contribution in [1.29, 1.82) is 0 Å². The molecule has 0 aliphatic heterocycles. The highest BCUT2D eigenvalue weighted by Crippen LogP contribution is 2.35. The van der Waals surface area contributed by atoms with Crippen molar-refractivity contribution in [1.82, 2.24) is 0 Å². The Morgan fingerprint density at radius 1 is 1.29 bits per heavy atom. The van der Waals surface area contributed by atoms with Crippen LogP contribution in [0.4, 0.5) is 13.2 Å². The average molecular weight is 265 g/mol. The van der Waals surface area contributed by atoms with Crippen molar-refractivity contribution < 1.29 is 18.0 Å². The van der Waals surface area contributed by atoms with E-state index in [1.54, 1.807) is 0 Å². The normalized spacial score (nSPS) is 13.4. The van der Waals surface area contributed by atoms with Gasteiger partial charge in [-0.25, -0.2) is 0 Å². The average Bonchev–Trinajstić information content (AvgIpc) is 2.29. The highest BCUT2D eigenvalue weighted by atomic mass is 35.5. The van der Waals surface area contributed by atoms with Crippen LogP contribution in [0.15, 0.2) is 24.3 Å². The quantitative estimate of drug-likeness (QED) is 0.580. The van der Waals surface area contributed by atoms with Crippen LogP contribution in [0.2, 0.25) is 0 Å². The van der Waals surface area contributed by atoms with Crippen LogP contribution in [-0.4, -0.2) is 12.2 Å². The Bertz CT molecular complexity index is 376. The van der Waals surface area contributed by atoms with Crippen molar-refractivity contribution >= 4 is 17.9 Å². The third-order valence-corrected chi connectivity index (χ3v) is 2.75. The number of halogens is 4. The van der Waals surface area contributed by atoms with Crippen LogP contribution in [-0.2, 0) is 11.0 Å². The molecule has 0 spiro atoms. The van der Waals surface area contributed by atoms with E-state index in [9.17, 15) is 18.0 Å². The minimum absolute atomic E-state index is 0.0279. The maximum Gasteiger partial charge on any atom is 0.416 e. The third-order valence-electron chi connectivity index (χ3n) is 2.48. The third kappa shape index (κ3) is 3.73. The molecule has 0 aliphatic carbocycles. The van der Waals surface area contributed by atoms with Crippen LogP contribution < -0.4 is 0 Å². The Hall–Kier alpha value is -1.03. The number of benzene rings is 1. The van der Waals surface area contributed by atoms with Gasteiger partial charge in [-0.3, -0.25) is 0 Å². The summed E-state index contributed by atoms with van der Waals surface area (Å²) in [6, 6.07) is 5.15. The molecular weight excluding hydrogens is 253 g/mol. The van der Waals surface area contributed by atoms with E-state index in [4.69, 9.17) is 11.6 Å². The number of alkyl halides is 4. The fourth-order valence-electron chi connectivity index (χ4n) is 1.67. The zero-order valence-corrected chi connectivity index (χ0v) is 9.76. The van der Waals surface area contributed by atoms with Gasteiger partial charge in [0, 0.05) is 11.8 Å². The highest BCUT2D eigenvalue weighted by Gasteiger charge is 2.34. The standard InChI is InChI=1S/C12H12ClF3O/c13-7-3-4-9(8-17)10-5-1-2-6-11(10)12(14,15)16/h1-2,5-6,8-9H,3-4,7H2. The summed E-state index contributed by atoms with van der Waals surface area (Å²) < 4.78 is 38.2. The maximum absolute atomic E-state index is 12.7. The largest absolute Gasteiger partial charge is 0.416 e. The molecule has 0 amide bonds. The molecule has 1 aromatic carbocycles. The Morgan fingerprint density at radius 2 is 1.94 bits per heavy atom. The van der Waals surface area contributed by atoms with E-state index < -0.39 is 17.7 Å². The summed E-state index contributed by atoms with van der Waals surface area (Å²) in [7, 11) is 0. The summed E-state index contributed by atoms with van der Waals surface area (Å²) in [5.74, 6) is -0.412. The van der Waals surface area contributed by atoms with Crippen LogP contribution in [0.1, 0.15) is 29.9 Å². The van der Waals surface area contributed by atoms with Gasteiger partial charge in [-0.2, -0.15) is 13.2 Å². The van der Waals surface area contributed by atoms with Gasteiger partial charge < -0.3 is 4.79 Å². The molecule has 0 saturated carbocycles. The van der Waals surface area contributed by atoms with E-state index in [2.05, 4.69) is 0 Å². The van der Waals surface area contributed by atoms with Crippen molar-refractivity contribution in [2.45, 2.75) is 24.9 Å². The van der Waals surface area contributed by atoms with Gasteiger partial charge in [0.25, 0.3) is 0 Å². The summed E-state index contributed by atoms with van der Waals surface area (Å²) in [6.07, 6.45) is -3.03. The van der Waals surface area contributed by atoms with E-state index in [0.29, 0.717) is 25.0 Å². The van der Waals surface area contributed by atoms with Gasteiger partial charge in [-0.05, 0) is 24.5 Å². The first-order valence-electron chi connectivity index (χ1n) is 5.18. The van der Waals surface area contributed by atoms with Gasteiger partial charge in [0.1, 0.15) is 6.29 Å². The number of aldehydes is 1. The number of carbonyl (C=O) groups excluding carboxylic acids is 1. The second-order valence-corrected chi connectivity index (χ2v) is 4.04. The number of carbonyl (C=O) groups is 1. The van der Waals surface area contributed by atoms with E-state index >= 15 is 0 Å². The second kappa shape index (κ2) is 6.05. The van der Waals surface area contributed by atoms with Gasteiger partial charge in [-0.15, -0.1) is 11.6 Å². The van der Waals surface area contributed by atoms with Crippen LogP contribution in [0.5, 0.6) is 0 Å². The summed E-state index contributed by atoms with van der Waals surface area (Å²) in [5.41, 5.74) is -0.716. The SMILES string of the molecule is O=CC(CCCCl)c1ccccc1C(F)(F)F. The van der Waals surface area contributed by atoms with Gasteiger partial charge in [0.2, 0.25) is 0 Å². The molecule has 1 unspecified atom stereocenters. The van der Waals surface area contributed by atoms with Crippen LogP contribution in [0.25, 0.3) is 0 Å². The molecular formula is C12H12ClF3O. The lowest BCUT2D eigenvalue weighted by Gasteiger charge is -2.16. The molecule has 1 atom stereocenters. The Morgan fingerprint density at radius 3 is 2.47 bits per heavy atom. The van der Waals surface area contributed by atoms with Gasteiger partial charge in [-0.1, -0.05) is 18.2 Å². The molecule has 1 aromatic rings. The minimum Gasteiger partial charge on any atom is -0.303 e. The molecule has 0 radical (unpaired) electrons.